The summed E-state index contributed by atoms with van der Waals surface area (Å²) < 4.78 is 11.3. The molecule has 5 rings (SSSR count). The smallest absolute Gasteiger partial charge is 0.410 e. The van der Waals surface area contributed by atoms with Gasteiger partial charge in [-0.3, -0.25) is 4.90 Å². The quantitative estimate of drug-likeness (QED) is 0.801. The van der Waals surface area contributed by atoms with Crippen molar-refractivity contribution < 1.29 is 24.2 Å². The van der Waals surface area contributed by atoms with Crippen LogP contribution in [0.15, 0.2) is 48.5 Å². The van der Waals surface area contributed by atoms with Crippen molar-refractivity contribution in [2.45, 2.75) is 37.6 Å². The highest BCUT2D eigenvalue weighted by atomic mass is 16.6. The number of fused-ring (bicyclic) bond motifs is 3. The second-order valence-electron chi connectivity index (χ2n) is 8.94. The summed E-state index contributed by atoms with van der Waals surface area (Å²) in [4.78, 5) is 26.4. The lowest BCUT2D eigenvalue weighted by molar-refractivity contribution is -0.147. The van der Waals surface area contributed by atoms with Gasteiger partial charge in [-0.25, -0.2) is 9.59 Å². The van der Waals surface area contributed by atoms with Crippen LogP contribution >= 0.6 is 0 Å². The fraction of sp³-hybridized carbons (Fsp3) is 0.440. The molecule has 2 aliphatic heterocycles. The van der Waals surface area contributed by atoms with E-state index in [0.29, 0.717) is 26.2 Å². The first kappa shape index (κ1) is 20.1. The number of piperidine rings is 1. The molecule has 3 aliphatic rings. The molecule has 31 heavy (non-hydrogen) atoms. The number of likely N-dealkylation sites (tertiary alicyclic amines) is 1. The van der Waals surface area contributed by atoms with E-state index in [1.54, 1.807) is 0 Å². The molecule has 162 valence electrons. The summed E-state index contributed by atoms with van der Waals surface area (Å²) in [6, 6.07) is 15.5. The zero-order chi connectivity index (χ0) is 21.4. The topological polar surface area (TPSA) is 76.1 Å². The van der Waals surface area contributed by atoms with E-state index in [1.165, 1.54) is 16.0 Å². The maximum absolute atomic E-state index is 13.1. The minimum atomic E-state index is -0.963. The zero-order valence-electron chi connectivity index (χ0n) is 17.5. The number of carbonyl (C=O) groups is 2. The van der Waals surface area contributed by atoms with Crippen LogP contribution in [-0.2, 0) is 14.3 Å². The van der Waals surface area contributed by atoms with Crippen LogP contribution in [0.2, 0.25) is 0 Å². The maximum atomic E-state index is 13.1. The number of nitrogens with zero attached hydrogens (tertiary/aromatic N) is 1. The van der Waals surface area contributed by atoms with E-state index in [4.69, 9.17) is 9.47 Å². The van der Waals surface area contributed by atoms with Crippen molar-refractivity contribution in [3.63, 3.8) is 0 Å². The third-order valence-corrected chi connectivity index (χ3v) is 7.24. The number of hydrogen-bond acceptors (Lipinski definition) is 4. The molecule has 2 saturated heterocycles. The summed E-state index contributed by atoms with van der Waals surface area (Å²) in [5.41, 5.74) is 4.57. The number of carboxylic acid groups (broad SMARTS) is 1. The monoisotopic (exact) mass is 421 g/mol. The number of rotatable bonds is 3. The van der Waals surface area contributed by atoms with Crippen LogP contribution < -0.4 is 0 Å². The van der Waals surface area contributed by atoms with Gasteiger partial charge in [0.15, 0.2) is 0 Å². The third-order valence-electron chi connectivity index (χ3n) is 7.24. The Morgan fingerprint density at radius 2 is 1.61 bits per heavy atom. The minimum absolute atomic E-state index is 0.0403. The van der Waals surface area contributed by atoms with Crippen LogP contribution in [0.4, 0.5) is 4.79 Å². The first-order valence-electron chi connectivity index (χ1n) is 11.0. The van der Waals surface area contributed by atoms with Gasteiger partial charge in [-0.15, -0.1) is 0 Å². The second kappa shape index (κ2) is 8.00. The highest BCUT2D eigenvalue weighted by Crippen LogP contribution is 2.45. The molecule has 0 radical (unpaired) electrons. The molecule has 2 aromatic rings. The zero-order valence-corrected chi connectivity index (χ0v) is 17.5. The van der Waals surface area contributed by atoms with E-state index < -0.39 is 18.1 Å². The van der Waals surface area contributed by atoms with Gasteiger partial charge in [0, 0.05) is 25.7 Å². The van der Waals surface area contributed by atoms with Crippen LogP contribution in [0.3, 0.4) is 0 Å². The Hall–Kier alpha value is -2.86. The summed E-state index contributed by atoms with van der Waals surface area (Å²) >= 11 is 0. The lowest BCUT2D eigenvalue weighted by atomic mass is 9.72. The summed E-state index contributed by atoms with van der Waals surface area (Å²) in [6.45, 7) is 1.95. The van der Waals surface area contributed by atoms with E-state index in [-0.39, 0.29) is 17.9 Å². The average molecular weight is 421 g/mol. The van der Waals surface area contributed by atoms with Gasteiger partial charge in [0.1, 0.15) is 12.6 Å². The van der Waals surface area contributed by atoms with Gasteiger partial charge < -0.3 is 14.6 Å². The van der Waals surface area contributed by atoms with Gasteiger partial charge >= 0.3 is 12.1 Å². The molecule has 1 spiro atoms. The highest BCUT2D eigenvalue weighted by molar-refractivity contribution is 5.81. The number of carbonyl (C=O) groups excluding carboxylic acids is 1. The van der Waals surface area contributed by atoms with Crippen molar-refractivity contribution in [3.05, 3.63) is 59.7 Å². The van der Waals surface area contributed by atoms with Crippen molar-refractivity contribution in [2.24, 2.45) is 5.41 Å². The number of hydrogen-bond donors (Lipinski definition) is 1. The minimum Gasteiger partial charge on any atom is -0.480 e. The first-order chi connectivity index (χ1) is 15.1. The molecule has 0 saturated carbocycles. The number of amides is 1. The third kappa shape index (κ3) is 3.59. The van der Waals surface area contributed by atoms with Crippen LogP contribution in [0.25, 0.3) is 11.1 Å². The predicted octanol–water partition coefficient (Wildman–Crippen LogP) is 4.28. The van der Waals surface area contributed by atoms with E-state index in [9.17, 15) is 14.7 Å². The molecule has 0 aromatic heterocycles. The fourth-order valence-electron chi connectivity index (χ4n) is 5.49. The molecule has 1 amide bonds. The number of aliphatic carboxylic acids is 1. The lowest BCUT2D eigenvalue weighted by Gasteiger charge is -2.46. The van der Waals surface area contributed by atoms with Crippen LogP contribution in [0.1, 0.15) is 42.7 Å². The standard InChI is InChI=1S/C25H27NO5/c27-23(28)22-9-10-25(11-13-30-14-12-25)16-26(22)24(29)31-15-21-19-7-3-1-5-17(19)18-6-2-4-8-20(18)21/h1-8,21-22H,9-16H2,(H,27,28). The molecule has 1 N–H and O–H groups in total. The van der Waals surface area contributed by atoms with Crippen molar-refractivity contribution in [3.8, 4) is 11.1 Å². The Morgan fingerprint density at radius 1 is 1.00 bits per heavy atom. The second-order valence-corrected chi connectivity index (χ2v) is 8.94. The Balaban J connectivity index is 1.35. The SMILES string of the molecule is O=C(O)C1CCC2(CCOCC2)CN1C(=O)OCC1c2ccccc2-c2ccccc21. The molecule has 1 unspecified atom stereocenters. The fourth-order valence-corrected chi connectivity index (χ4v) is 5.49. The van der Waals surface area contributed by atoms with Gasteiger partial charge in [-0.05, 0) is 53.4 Å². The molecule has 2 fully saturated rings. The molecular formula is C25H27NO5. The molecule has 1 aliphatic carbocycles. The molecule has 6 nitrogen and oxygen atoms in total. The summed E-state index contributed by atoms with van der Waals surface area (Å²) in [6.07, 6.45) is 2.44. The Bertz CT molecular complexity index is 951. The molecule has 2 heterocycles. The van der Waals surface area contributed by atoms with E-state index in [2.05, 4.69) is 24.3 Å². The maximum Gasteiger partial charge on any atom is 0.410 e. The number of carboxylic acids is 1. The number of ether oxygens (including phenoxy) is 2. The molecule has 1 atom stereocenters. The summed E-state index contributed by atoms with van der Waals surface area (Å²) in [5, 5.41) is 9.71. The van der Waals surface area contributed by atoms with Crippen molar-refractivity contribution in [2.75, 3.05) is 26.4 Å². The molecular weight excluding hydrogens is 394 g/mol. The predicted molar refractivity (Wildman–Crippen MR) is 115 cm³/mol. The Labute approximate surface area is 181 Å². The van der Waals surface area contributed by atoms with E-state index in [0.717, 1.165) is 30.4 Å². The molecule has 6 heteroatoms. The Morgan fingerprint density at radius 3 is 2.23 bits per heavy atom. The van der Waals surface area contributed by atoms with Crippen LogP contribution in [0, 0.1) is 5.41 Å². The van der Waals surface area contributed by atoms with Crippen molar-refractivity contribution in [1.29, 1.82) is 0 Å². The van der Waals surface area contributed by atoms with Gasteiger partial charge in [0.05, 0.1) is 0 Å². The van der Waals surface area contributed by atoms with Gasteiger partial charge in [0.25, 0.3) is 0 Å². The van der Waals surface area contributed by atoms with E-state index in [1.807, 2.05) is 24.3 Å². The van der Waals surface area contributed by atoms with E-state index >= 15 is 0 Å². The summed E-state index contributed by atoms with van der Waals surface area (Å²) in [7, 11) is 0. The van der Waals surface area contributed by atoms with Crippen molar-refractivity contribution >= 4 is 12.1 Å². The Kier molecular flexibility index (Phi) is 5.18. The van der Waals surface area contributed by atoms with Crippen LogP contribution in [0.5, 0.6) is 0 Å². The first-order valence-corrected chi connectivity index (χ1v) is 11.0. The van der Waals surface area contributed by atoms with Gasteiger partial charge in [-0.2, -0.15) is 0 Å². The highest BCUT2D eigenvalue weighted by Gasteiger charge is 2.45. The average Bonchev–Trinajstić information content (AvgIpc) is 3.11. The van der Waals surface area contributed by atoms with Gasteiger partial charge in [0.2, 0.25) is 0 Å². The number of benzene rings is 2. The molecule has 2 aromatic carbocycles. The van der Waals surface area contributed by atoms with Gasteiger partial charge in [-0.1, -0.05) is 48.5 Å². The van der Waals surface area contributed by atoms with Crippen molar-refractivity contribution in [1.82, 2.24) is 4.90 Å². The largest absolute Gasteiger partial charge is 0.480 e. The molecule has 0 bridgehead atoms. The lowest BCUT2D eigenvalue weighted by Crippen LogP contribution is -2.55. The van der Waals surface area contributed by atoms with Crippen LogP contribution in [-0.4, -0.2) is 54.5 Å². The normalized spacial score (nSPS) is 22.1. The summed E-state index contributed by atoms with van der Waals surface area (Å²) in [5.74, 6) is -1.00.